The monoisotopic (exact) mass is 296 g/mol. The minimum Gasteiger partial charge on any atom is -0.486 e. The Morgan fingerprint density at radius 2 is 1.95 bits per heavy atom. The van der Waals surface area contributed by atoms with Gasteiger partial charge in [-0.05, 0) is 37.6 Å². The number of hydrogen-bond donors (Lipinski definition) is 1. The lowest BCUT2D eigenvalue weighted by Crippen LogP contribution is -2.45. The summed E-state index contributed by atoms with van der Waals surface area (Å²) >= 11 is 0. The molecule has 1 N–H and O–H groups in total. The fraction of sp³-hybridized carbons (Fsp3) is 0.278. The molecule has 3 rings (SSSR count). The van der Waals surface area contributed by atoms with E-state index in [1.165, 1.54) is 5.56 Å². The minimum absolute atomic E-state index is 0.0265. The van der Waals surface area contributed by atoms with Gasteiger partial charge in [0, 0.05) is 5.69 Å². The topological polar surface area (TPSA) is 41.6 Å². The van der Waals surface area contributed by atoms with Crippen LogP contribution in [0.25, 0.3) is 0 Å². The van der Waals surface area contributed by atoms with Crippen molar-refractivity contribution in [1.29, 1.82) is 0 Å². The molecule has 1 atom stereocenters. The number of carbonyl (C=O) groups is 1. The highest BCUT2D eigenvalue weighted by atomic mass is 16.5. The molecule has 0 fully saturated rings. The van der Waals surface area contributed by atoms with Gasteiger partial charge in [0.05, 0.1) is 12.2 Å². The minimum atomic E-state index is -0.127. The van der Waals surface area contributed by atoms with Crippen LogP contribution in [0.3, 0.4) is 0 Å². The van der Waals surface area contributed by atoms with Crippen LogP contribution in [-0.2, 0) is 0 Å². The Kier molecular flexibility index (Phi) is 4.00. The van der Waals surface area contributed by atoms with Gasteiger partial charge < -0.3 is 10.1 Å². The van der Waals surface area contributed by atoms with E-state index in [0.29, 0.717) is 6.54 Å². The zero-order valence-corrected chi connectivity index (χ0v) is 12.9. The van der Waals surface area contributed by atoms with Crippen molar-refractivity contribution in [3.63, 3.8) is 0 Å². The number of nitrogens with zero attached hydrogens (tertiary/aromatic N) is 1. The number of ether oxygens (including phenoxy) is 1. The largest absolute Gasteiger partial charge is 0.486 e. The summed E-state index contributed by atoms with van der Waals surface area (Å²) in [5, 5.41) is 2.96. The summed E-state index contributed by atoms with van der Waals surface area (Å²) in [7, 11) is 0. The first kappa shape index (κ1) is 14.4. The normalized spacial score (nSPS) is 16.6. The average Bonchev–Trinajstić information content (AvgIpc) is 2.55. The maximum Gasteiger partial charge on any atom is 0.326 e. The van der Waals surface area contributed by atoms with E-state index in [1.54, 1.807) is 4.90 Å². The molecule has 1 aliphatic heterocycles. The Morgan fingerprint density at radius 1 is 1.23 bits per heavy atom. The molecule has 4 heteroatoms. The molecule has 0 radical (unpaired) electrons. The van der Waals surface area contributed by atoms with Crippen LogP contribution in [0.15, 0.2) is 48.5 Å². The number of aryl methyl sites for hydroxylation is 1. The van der Waals surface area contributed by atoms with Crippen LogP contribution in [0.4, 0.5) is 16.2 Å². The molecule has 0 spiro atoms. The first-order valence-electron chi connectivity index (χ1n) is 7.58. The van der Waals surface area contributed by atoms with Crippen LogP contribution in [0, 0.1) is 6.92 Å². The first-order chi connectivity index (χ1) is 10.7. The third-order valence-electron chi connectivity index (χ3n) is 3.84. The molecule has 0 aliphatic carbocycles. The van der Waals surface area contributed by atoms with E-state index in [9.17, 15) is 4.79 Å². The highest BCUT2D eigenvalue weighted by Gasteiger charge is 2.28. The van der Waals surface area contributed by atoms with Crippen molar-refractivity contribution in [3.05, 3.63) is 54.1 Å². The Morgan fingerprint density at radius 3 is 2.68 bits per heavy atom. The Labute approximate surface area is 130 Å². The smallest absolute Gasteiger partial charge is 0.326 e. The molecule has 114 valence electrons. The third-order valence-corrected chi connectivity index (χ3v) is 3.84. The lowest BCUT2D eigenvalue weighted by Gasteiger charge is -2.34. The van der Waals surface area contributed by atoms with E-state index in [2.05, 4.69) is 12.2 Å². The van der Waals surface area contributed by atoms with Gasteiger partial charge in [0.2, 0.25) is 0 Å². The zero-order chi connectivity index (χ0) is 15.5. The summed E-state index contributed by atoms with van der Waals surface area (Å²) in [5.41, 5.74) is 2.78. The number of anilines is 2. The number of carbonyl (C=O) groups excluding carboxylic acids is 1. The molecule has 22 heavy (non-hydrogen) atoms. The predicted molar refractivity (Wildman–Crippen MR) is 88.7 cm³/mol. The van der Waals surface area contributed by atoms with E-state index in [1.807, 2.05) is 55.5 Å². The standard InChI is InChI=1S/C18H20N2O2/c1-3-15-12-20(16-6-4-5-7-17(16)22-15)18(21)19-14-10-8-13(2)9-11-14/h4-11,15H,3,12H2,1-2H3,(H,19,21)/t15-/m1/s1. The van der Waals surface area contributed by atoms with Crippen molar-refractivity contribution in [1.82, 2.24) is 0 Å². The molecule has 2 aromatic carbocycles. The van der Waals surface area contributed by atoms with Crippen molar-refractivity contribution >= 4 is 17.4 Å². The molecule has 2 amide bonds. The van der Waals surface area contributed by atoms with E-state index in [4.69, 9.17) is 4.74 Å². The number of benzene rings is 2. The quantitative estimate of drug-likeness (QED) is 0.902. The molecule has 0 bridgehead atoms. The molecule has 0 aromatic heterocycles. The summed E-state index contributed by atoms with van der Waals surface area (Å²) in [4.78, 5) is 14.4. The van der Waals surface area contributed by atoms with Crippen LogP contribution in [0.1, 0.15) is 18.9 Å². The van der Waals surface area contributed by atoms with Gasteiger partial charge >= 0.3 is 6.03 Å². The molecule has 1 heterocycles. The highest BCUT2D eigenvalue weighted by molar-refractivity contribution is 6.03. The summed E-state index contributed by atoms with van der Waals surface area (Å²) in [6.07, 6.45) is 0.890. The molecular formula is C18H20N2O2. The van der Waals surface area contributed by atoms with E-state index >= 15 is 0 Å². The lowest BCUT2D eigenvalue weighted by molar-refractivity contribution is 0.188. The summed E-state index contributed by atoms with van der Waals surface area (Å²) in [6.45, 7) is 4.65. The van der Waals surface area contributed by atoms with Crippen molar-refractivity contribution < 1.29 is 9.53 Å². The van der Waals surface area contributed by atoms with Gasteiger partial charge in [0.25, 0.3) is 0 Å². The summed E-state index contributed by atoms with van der Waals surface area (Å²) < 4.78 is 5.91. The molecule has 4 nitrogen and oxygen atoms in total. The van der Waals surface area contributed by atoms with Crippen LogP contribution in [-0.4, -0.2) is 18.7 Å². The SMILES string of the molecule is CC[C@@H]1CN(C(=O)Nc2ccc(C)cc2)c2ccccc2O1. The summed E-state index contributed by atoms with van der Waals surface area (Å²) in [6, 6.07) is 15.3. The number of nitrogens with one attached hydrogen (secondary N) is 1. The second-order valence-corrected chi connectivity index (χ2v) is 5.52. The fourth-order valence-corrected chi connectivity index (χ4v) is 2.53. The van der Waals surface area contributed by atoms with Crippen molar-refractivity contribution in [2.45, 2.75) is 26.4 Å². The molecule has 1 aliphatic rings. The molecule has 0 saturated heterocycles. The van der Waals surface area contributed by atoms with Gasteiger partial charge in [-0.15, -0.1) is 0 Å². The second kappa shape index (κ2) is 6.10. The van der Waals surface area contributed by atoms with Gasteiger partial charge in [-0.25, -0.2) is 4.79 Å². The Hall–Kier alpha value is -2.49. The number of hydrogen-bond acceptors (Lipinski definition) is 2. The molecule has 0 unspecified atom stereocenters. The number of urea groups is 1. The van der Waals surface area contributed by atoms with Gasteiger partial charge in [0.15, 0.2) is 0 Å². The Balaban J connectivity index is 1.83. The Bertz CT molecular complexity index is 667. The van der Waals surface area contributed by atoms with E-state index < -0.39 is 0 Å². The number of para-hydroxylation sites is 2. The molecular weight excluding hydrogens is 276 g/mol. The van der Waals surface area contributed by atoms with Crippen LogP contribution < -0.4 is 15.0 Å². The fourth-order valence-electron chi connectivity index (χ4n) is 2.53. The molecule has 0 saturated carbocycles. The molecule has 2 aromatic rings. The van der Waals surface area contributed by atoms with Gasteiger partial charge in [-0.2, -0.15) is 0 Å². The number of fused-ring (bicyclic) bond motifs is 1. The second-order valence-electron chi connectivity index (χ2n) is 5.52. The van der Waals surface area contributed by atoms with Crippen LogP contribution in [0.5, 0.6) is 5.75 Å². The lowest BCUT2D eigenvalue weighted by atomic mass is 10.1. The van der Waals surface area contributed by atoms with E-state index in [-0.39, 0.29) is 12.1 Å². The number of amides is 2. The van der Waals surface area contributed by atoms with Crippen molar-refractivity contribution in [3.8, 4) is 5.75 Å². The zero-order valence-electron chi connectivity index (χ0n) is 12.9. The third kappa shape index (κ3) is 2.91. The highest BCUT2D eigenvalue weighted by Crippen LogP contribution is 2.34. The maximum absolute atomic E-state index is 12.6. The number of rotatable bonds is 2. The predicted octanol–water partition coefficient (Wildman–Crippen LogP) is 4.20. The maximum atomic E-state index is 12.6. The first-order valence-corrected chi connectivity index (χ1v) is 7.58. The van der Waals surface area contributed by atoms with Gasteiger partial charge in [0.1, 0.15) is 11.9 Å². The van der Waals surface area contributed by atoms with Crippen LogP contribution >= 0.6 is 0 Å². The van der Waals surface area contributed by atoms with Gasteiger partial charge in [-0.1, -0.05) is 36.8 Å². The van der Waals surface area contributed by atoms with Crippen molar-refractivity contribution in [2.24, 2.45) is 0 Å². The summed E-state index contributed by atoms with van der Waals surface area (Å²) in [5.74, 6) is 0.764. The van der Waals surface area contributed by atoms with Crippen molar-refractivity contribution in [2.75, 3.05) is 16.8 Å². The van der Waals surface area contributed by atoms with Gasteiger partial charge in [-0.3, -0.25) is 4.90 Å². The van der Waals surface area contributed by atoms with E-state index in [0.717, 1.165) is 23.5 Å². The van der Waals surface area contributed by atoms with Crippen LogP contribution in [0.2, 0.25) is 0 Å². The average molecular weight is 296 g/mol.